The zero-order valence-electron chi connectivity index (χ0n) is 13.8. The van der Waals surface area contributed by atoms with Crippen LogP contribution in [0.3, 0.4) is 0 Å². The van der Waals surface area contributed by atoms with Gasteiger partial charge in [0.2, 0.25) is 5.91 Å². The molecule has 0 radical (unpaired) electrons. The zero-order chi connectivity index (χ0) is 19.0. The van der Waals surface area contributed by atoms with Crippen molar-refractivity contribution in [3.05, 3.63) is 69.1 Å². The van der Waals surface area contributed by atoms with E-state index < -0.39 is 5.91 Å². The normalized spacial score (nSPS) is 11.0. The molecule has 0 bridgehead atoms. The molecule has 0 saturated heterocycles. The van der Waals surface area contributed by atoms with E-state index in [-0.39, 0.29) is 12.3 Å². The van der Waals surface area contributed by atoms with E-state index in [1.807, 2.05) is 23.6 Å². The van der Waals surface area contributed by atoms with E-state index in [0.717, 1.165) is 26.6 Å². The lowest BCUT2D eigenvalue weighted by Gasteiger charge is -2.06. The highest BCUT2D eigenvalue weighted by molar-refractivity contribution is 7.17. The van der Waals surface area contributed by atoms with Crippen LogP contribution in [0.5, 0.6) is 0 Å². The van der Waals surface area contributed by atoms with Crippen molar-refractivity contribution in [1.29, 1.82) is 0 Å². The Bertz CT molecular complexity index is 1180. The zero-order valence-corrected chi connectivity index (χ0v) is 16.1. The molecule has 2 aromatic carbocycles. The van der Waals surface area contributed by atoms with Gasteiger partial charge in [-0.25, -0.2) is 0 Å². The number of hydrogen-bond acceptors (Lipinski definition) is 3. The molecule has 136 valence electrons. The van der Waals surface area contributed by atoms with Crippen molar-refractivity contribution in [2.75, 3.05) is 0 Å². The Morgan fingerprint density at radius 3 is 2.63 bits per heavy atom. The molecular formula is C19H13Cl2N3O2S. The van der Waals surface area contributed by atoms with Crippen molar-refractivity contribution in [2.45, 2.75) is 6.42 Å². The number of hydrazine groups is 1. The summed E-state index contributed by atoms with van der Waals surface area (Å²) in [5, 5.41) is 4.89. The van der Waals surface area contributed by atoms with Gasteiger partial charge >= 0.3 is 0 Å². The van der Waals surface area contributed by atoms with Gasteiger partial charge in [-0.1, -0.05) is 23.2 Å². The molecule has 4 rings (SSSR count). The maximum Gasteiger partial charge on any atom is 0.286 e. The average molecular weight is 418 g/mol. The fourth-order valence-corrected chi connectivity index (χ4v) is 4.12. The Morgan fingerprint density at radius 1 is 1.00 bits per heavy atom. The molecule has 0 spiro atoms. The van der Waals surface area contributed by atoms with E-state index in [1.165, 1.54) is 0 Å². The van der Waals surface area contributed by atoms with Crippen LogP contribution in [0.2, 0.25) is 10.0 Å². The van der Waals surface area contributed by atoms with Crippen molar-refractivity contribution >= 4 is 67.3 Å². The third-order valence-electron chi connectivity index (χ3n) is 4.11. The molecule has 0 fully saturated rings. The van der Waals surface area contributed by atoms with Crippen LogP contribution in [0.15, 0.2) is 47.8 Å². The molecule has 2 amide bonds. The Balaban J connectivity index is 1.42. The summed E-state index contributed by atoms with van der Waals surface area (Å²) in [6.07, 6.45) is 0.142. The third-order valence-corrected chi connectivity index (χ3v) is 5.59. The fraction of sp³-hybridized carbons (Fsp3) is 0.0526. The molecule has 0 aliphatic carbocycles. The predicted octanol–water partition coefficient (Wildman–Crippen LogP) is 4.69. The van der Waals surface area contributed by atoms with Crippen LogP contribution in [0.4, 0.5) is 0 Å². The molecule has 0 unspecified atom stereocenters. The van der Waals surface area contributed by atoms with E-state index in [2.05, 4.69) is 15.8 Å². The molecule has 3 N–H and O–H groups in total. The van der Waals surface area contributed by atoms with E-state index in [1.54, 1.807) is 35.6 Å². The lowest BCUT2D eigenvalue weighted by molar-refractivity contribution is -0.121. The van der Waals surface area contributed by atoms with Crippen LogP contribution < -0.4 is 10.9 Å². The fourth-order valence-electron chi connectivity index (χ4n) is 2.83. The van der Waals surface area contributed by atoms with Gasteiger partial charge in [0.1, 0.15) is 5.69 Å². The van der Waals surface area contributed by atoms with E-state index in [9.17, 15) is 9.59 Å². The van der Waals surface area contributed by atoms with Crippen LogP contribution in [0.1, 0.15) is 16.1 Å². The molecule has 27 heavy (non-hydrogen) atoms. The van der Waals surface area contributed by atoms with Gasteiger partial charge in [-0.15, -0.1) is 11.3 Å². The van der Waals surface area contributed by atoms with Crippen LogP contribution in [0.25, 0.3) is 21.0 Å². The number of fused-ring (bicyclic) bond motifs is 2. The van der Waals surface area contributed by atoms with Gasteiger partial charge in [0.25, 0.3) is 5.91 Å². The summed E-state index contributed by atoms with van der Waals surface area (Å²) in [4.78, 5) is 27.5. The van der Waals surface area contributed by atoms with Crippen molar-refractivity contribution < 1.29 is 9.59 Å². The molecular weight excluding hydrogens is 405 g/mol. The summed E-state index contributed by atoms with van der Waals surface area (Å²) in [6.45, 7) is 0. The molecule has 2 heterocycles. The average Bonchev–Trinajstić information content (AvgIpc) is 3.23. The highest BCUT2D eigenvalue weighted by Crippen LogP contribution is 2.29. The summed E-state index contributed by atoms with van der Waals surface area (Å²) in [7, 11) is 0. The number of carbonyl (C=O) groups is 2. The maximum atomic E-state index is 12.3. The Labute approximate surface area is 168 Å². The molecule has 0 aliphatic heterocycles. The highest BCUT2D eigenvalue weighted by atomic mass is 35.5. The van der Waals surface area contributed by atoms with Gasteiger partial charge in [-0.05, 0) is 58.8 Å². The quantitative estimate of drug-likeness (QED) is 0.422. The van der Waals surface area contributed by atoms with Gasteiger partial charge in [0.15, 0.2) is 0 Å². The minimum absolute atomic E-state index is 0.142. The number of rotatable bonds is 3. The van der Waals surface area contributed by atoms with Gasteiger partial charge in [-0.3, -0.25) is 20.4 Å². The first-order valence-corrected chi connectivity index (χ1v) is 9.66. The number of thiophene rings is 1. The second-order valence-electron chi connectivity index (χ2n) is 6.00. The molecule has 0 saturated carbocycles. The molecule has 5 nitrogen and oxygen atoms in total. The number of hydrogen-bond donors (Lipinski definition) is 3. The predicted molar refractivity (Wildman–Crippen MR) is 109 cm³/mol. The number of amides is 2. The first kappa shape index (κ1) is 17.9. The number of halogens is 2. The maximum absolute atomic E-state index is 12.3. The Kier molecular flexibility index (Phi) is 4.78. The lowest BCUT2D eigenvalue weighted by atomic mass is 10.1. The lowest BCUT2D eigenvalue weighted by Crippen LogP contribution is -2.42. The summed E-state index contributed by atoms with van der Waals surface area (Å²) in [5.74, 6) is -0.754. The summed E-state index contributed by atoms with van der Waals surface area (Å²) < 4.78 is 1.06. The number of nitrogens with one attached hydrogen (secondary N) is 3. The van der Waals surface area contributed by atoms with Gasteiger partial charge in [0.05, 0.1) is 6.42 Å². The summed E-state index contributed by atoms with van der Waals surface area (Å²) in [5.41, 5.74) is 6.85. The molecule has 8 heteroatoms. The topological polar surface area (TPSA) is 74.0 Å². The second kappa shape index (κ2) is 7.23. The standard InChI is InChI=1S/C19H13Cl2N3O2S/c20-12-1-3-15-10(5-12)6-16(22-15)19(26)24-23-18(25)7-11-9-27-17-4-2-13(21)8-14(11)17/h1-6,8-9,22H,7H2,(H,23,25)(H,24,26). The minimum atomic E-state index is -0.436. The van der Waals surface area contributed by atoms with Crippen molar-refractivity contribution in [2.24, 2.45) is 0 Å². The van der Waals surface area contributed by atoms with Crippen molar-refractivity contribution in [3.63, 3.8) is 0 Å². The van der Waals surface area contributed by atoms with Crippen molar-refractivity contribution in [1.82, 2.24) is 15.8 Å². The van der Waals surface area contributed by atoms with Gasteiger partial charge in [-0.2, -0.15) is 0 Å². The molecule has 2 aromatic heterocycles. The molecule has 0 atom stereocenters. The minimum Gasteiger partial charge on any atom is -0.350 e. The number of aromatic nitrogens is 1. The number of aromatic amines is 1. The first-order chi connectivity index (χ1) is 13.0. The van der Waals surface area contributed by atoms with E-state index in [4.69, 9.17) is 23.2 Å². The van der Waals surface area contributed by atoms with Crippen molar-refractivity contribution in [3.8, 4) is 0 Å². The number of carbonyl (C=O) groups excluding carboxylic acids is 2. The summed E-state index contributed by atoms with van der Waals surface area (Å²) in [6, 6.07) is 12.5. The van der Waals surface area contributed by atoms with Crippen LogP contribution in [0, 0.1) is 0 Å². The van der Waals surface area contributed by atoms with Gasteiger partial charge in [0, 0.05) is 25.6 Å². The summed E-state index contributed by atoms with van der Waals surface area (Å²) >= 11 is 13.5. The number of H-pyrrole nitrogens is 1. The molecule has 4 aromatic rings. The third kappa shape index (κ3) is 3.78. The Morgan fingerprint density at radius 2 is 1.78 bits per heavy atom. The largest absolute Gasteiger partial charge is 0.350 e. The second-order valence-corrected chi connectivity index (χ2v) is 7.78. The smallest absolute Gasteiger partial charge is 0.286 e. The molecule has 0 aliphatic rings. The first-order valence-electron chi connectivity index (χ1n) is 8.03. The van der Waals surface area contributed by atoms with Crippen LogP contribution in [-0.2, 0) is 11.2 Å². The number of benzene rings is 2. The van der Waals surface area contributed by atoms with Crippen LogP contribution >= 0.6 is 34.5 Å². The van der Waals surface area contributed by atoms with E-state index in [0.29, 0.717) is 15.7 Å². The van der Waals surface area contributed by atoms with Crippen LogP contribution in [-0.4, -0.2) is 16.8 Å². The Hall–Kier alpha value is -2.54. The highest BCUT2D eigenvalue weighted by Gasteiger charge is 2.13. The van der Waals surface area contributed by atoms with Gasteiger partial charge < -0.3 is 4.98 Å². The monoisotopic (exact) mass is 417 g/mol. The SMILES string of the molecule is O=C(Cc1csc2ccc(Cl)cc12)NNC(=O)c1cc2cc(Cl)ccc2[nH]1. The van der Waals surface area contributed by atoms with E-state index >= 15 is 0 Å².